The third kappa shape index (κ3) is 6.37. The first-order chi connectivity index (χ1) is 20.2. The molecule has 0 spiro atoms. The number of hydrogen-bond acceptors (Lipinski definition) is 5. The molecule has 2 heterocycles. The average molecular weight is 607 g/mol. The van der Waals surface area contributed by atoms with Gasteiger partial charge in [0.1, 0.15) is 11.4 Å². The van der Waals surface area contributed by atoms with Crippen molar-refractivity contribution in [2.45, 2.75) is 56.8 Å². The van der Waals surface area contributed by atoms with Gasteiger partial charge in [0.05, 0.1) is 30.2 Å². The lowest BCUT2D eigenvalue weighted by atomic mass is 10.0. The highest BCUT2D eigenvalue weighted by atomic mass is 19.4. The largest absolute Gasteiger partial charge is 0.436 e. The number of nitrogens with zero attached hydrogens (tertiary/aromatic N) is 4. The van der Waals surface area contributed by atoms with E-state index in [1.807, 2.05) is 0 Å². The van der Waals surface area contributed by atoms with Gasteiger partial charge in [-0.05, 0) is 61.9 Å². The van der Waals surface area contributed by atoms with Crippen molar-refractivity contribution in [2.24, 2.45) is 4.99 Å². The van der Waals surface area contributed by atoms with Crippen molar-refractivity contribution in [1.29, 1.82) is 0 Å². The molecule has 43 heavy (non-hydrogen) atoms. The summed E-state index contributed by atoms with van der Waals surface area (Å²) in [5.41, 5.74) is -2.22. The molecular weight excluding hydrogens is 578 g/mol. The maximum atomic E-state index is 14.0. The number of amides is 2. The van der Waals surface area contributed by atoms with Crippen molar-refractivity contribution in [3.63, 3.8) is 0 Å². The van der Waals surface area contributed by atoms with Crippen LogP contribution in [0, 0.1) is 0 Å². The molecule has 2 amide bonds. The van der Waals surface area contributed by atoms with E-state index in [4.69, 9.17) is 0 Å². The van der Waals surface area contributed by atoms with E-state index in [1.54, 1.807) is 31.2 Å². The van der Waals surface area contributed by atoms with Gasteiger partial charge in [-0.3, -0.25) is 14.6 Å². The Morgan fingerprint density at radius 1 is 1.02 bits per heavy atom. The molecule has 1 aliphatic heterocycles. The number of fused-ring (bicyclic) bond motifs is 1. The second-order valence-corrected chi connectivity index (χ2v) is 10.8. The lowest BCUT2D eigenvalue weighted by molar-refractivity contribution is -0.142. The first kappa shape index (κ1) is 30.1. The van der Waals surface area contributed by atoms with Gasteiger partial charge >= 0.3 is 12.4 Å². The second kappa shape index (κ2) is 11.0. The third-order valence-electron chi connectivity index (χ3n) is 7.60. The summed E-state index contributed by atoms with van der Waals surface area (Å²) < 4.78 is 82.7. The van der Waals surface area contributed by atoms with E-state index >= 15 is 0 Å². The van der Waals surface area contributed by atoms with Crippen molar-refractivity contribution >= 4 is 24.3 Å². The zero-order chi connectivity index (χ0) is 31.2. The highest BCUT2D eigenvalue weighted by molar-refractivity contribution is 6.01. The van der Waals surface area contributed by atoms with Gasteiger partial charge in [-0.2, -0.15) is 31.4 Å². The molecular formula is C29H28F6N6O2. The molecule has 3 aromatic rings. The van der Waals surface area contributed by atoms with Gasteiger partial charge in [0, 0.05) is 18.7 Å². The van der Waals surface area contributed by atoms with Crippen molar-refractivity contribution in [2.75, 3.05) is 18.0 Å². The Labute approximate surface area is 242 Å². The summed E-state index contributed by atoms with van der Waals surface area (Å²) in [6.45, 7) is 5.48. The molecule has 0 bridgehead atoms. The molecule has 2 aromatic carbocycles. The number of aromatic nitrogens is 2. The van der Waals surface area contributed by atoms with Gasteiger partial charge in [-0.15, -0.1) is 0 Å². The average Bonchev–Trinajstić information content (AvgIpc) is 3.40. The first-order valence-electron chi connectivity index (χ1n) is 13.5. The normalized spacial score (nSPS) is 16.4. The number of alkyl halides is 6. The minimum Gasteiger partial charge on any atom is -0.350 e. The maximum absolute atomic E-state index is 14.0. The number of benzene rings is 2. The predicted octanol–water partition coefficient (Wildman–Crippen LogP) is 5.39. The topological polar surface area (TPSA) is 91.6 Å². The summed E-state index contributed by atoms with van der Waals surface area (Å²) in [5, 5.41) is 9.17. The van der Waals surface area contributed by atoms with Gasteiger partial charge in [0.25, 0.3) is 11.8 Å². The Bertz CT molecular complexity index is 1540. The standard InChI is InChI=1S/C29H28F6N6O2/c1-17(19-6-8-20(9-7-19)24(42)38-27(10-11-27)16-36-2)37-25(43)22-23(29(33,34)35)39-41-13-12-40(26(22)41)15-18-4-3-5-21(14-18)28(30,31)32/h3-9,14,17H,2,10-13,15-16H2,1H3,(H,37,43)(H,38,42). The minimum atomic E-state index is -4.95. The van der Waals surface area contributed by atoms with E-state index < -0.39 is 41.1 Å². The highest BCUT2D eigenvalue weighted by Gasteiger charge is 2.45. The van der Waals surface area contributed by atoms with Gasteiger partial charge in [-0.25, -0.2) is 4.68 Å². The van der Waals surface area contributed by atoms with Crippen LogP contribution in [0.15, 0.2) is 53.5 Å². The van der Waals surface area contributed by atoms with Crippen LogP contribution in [0.5, 0.6) is 0 Å². The molecule has 2 N–H and O–H groups in total. The van der Waals surface area contributed by atoms with Gasteiger partial charge < -0.3 is 15.5 Å². The molecule has 1 aliphatic carbocycles. The van der Waals surface area contributed by atoms with Crippen LogP contribution in [0.25, 0.3) is 0 Å². The lowest BCUT2D eigenvalue weighted by Gasteiger charge is -2.21. The summed E-state index contributed by atoms with van der Waals surface area (Å²) in [5.74, 6) is -1.45. The molecule has 1 atom stereocenters. The Hall–Kier alpha value is -4.36. The molecule has 228 valence electrons. The number of aliphatic imine (C=N–C) groups is 1. The second-order valence-electron chi connectivity index (χ2n) is 10.8. The van der Waals surface area contributed by atoms with Crippen molar-refractivity contribution < 1.29 is 35.9 Å². The van der Waals surface area contributed by atoms with Crippen LogP contribution in [0.1, 0.15) is 68.9 Å². The lowest BCUT2D eigenvalue weighted by Crippen LogP contribution is -2.39. The molecule has 1 saturated carbocycles. The van der Waals surface area contributed by atoms with Crippen LogP contribution in [-0.2, 0) is 25.4 Å². The van der Waals surface area contributed by atoms with Crippen molar-refractivity contribution in [3.05, 3.63) is 82.0 Å². The Kier molecular flexibility index (Phi) is 7.73. The predicted molar refractivity (Wildman–Crippen MR) is 146 cm³/mol. The number of carbonyl (C=O) groups is 2. The van der Waals surface area contributed by atoms with E-state index in [2.05, 4.69) is 27.4 Å². The number of rotatable bonds is 9. The van der Waals surface area contributed by atoms with Crippen molar-refractivity contribution in [3.8, 4) is 0 Å². The molecule has 5 rings (SSSR count). The van der Waals surface area contributed by atoms with Crippen LogP contribution >= 0.6 is 0 Å². The zero-order valence-corrected chi connectivity index (χ0v) is 23.0. The SMILES string of the molecule is C=NCC1(NC(=O)c2ccc(C(C)NC(=O)c3c(C(F)(F)F)nn4c3N(Cc3cccc(C(F)(F)F)c3)CC4)cc2)CC1. The maximum Gasteiger partial charge on any atom is 0.436 e. The van der Waals surface area contributed by atoms with E-state index in [9.17, 15) is 35.9 Å². The van der Waals surface area contributed by atoms with Crippen LogP contribution in [0.2, 0.25) is 0 Å². The van der Waals surface area contributed by atoms with Crippen LogP contribution < -0.4 is 15.5 Å². The number of halogens is 6. The fraction of sp³-hybridized carbons (Fsp3) is 0.379. The van der Waals surface area contributed by atoms with Crippen LogP contribution in [-0.4, -0.2) is 46.9 Å². The number of anilines is 1. The molecule has 1 aromatic heterocycles. The van der Waals surface area contributed by atoms with Gasteiger partial charge in [-0.1, -0.05) is 24.3 Å². The third-order valence-corrected chi connectivity index (χ3v) is 7.60. The summed E-state index contributed by atoms with van der Waals surface area (Å²) in [6, 6.07) is 10.0. The Balaban J connectivity index is 1.35. The van der Waals surface area contributed by atoms with E-state index in [0.29, 0.717) is 17.7 Å². The number of nitrogens with one attached hydrogen (secondary N) is 2. The number of carbonyl (C=O) groups excluding carboxylic acids is 2. The van der Waals surface area contributed by atoms with Gasteiger partial charge in [0.15, 0.2) is 5.69 Å². The molecule has 8 nitrogen and oxygen atoms in total. The summed E-state index contributed by atoms with van der Waals surface area (Å²) in [4.78, 5) is 31.3. The molecule has 1 unspecified atom stereocenters. The van der Waals surface area contributed by atoms with E-state index in [-0.39, 0.29) is 42.5 Å². The molecule has 0 saturated heterocycles. The summed E-state index contributed by atoms with van der Waals surface area (Å²) >= 11 is 0. The minimum absolute atomic E-state index is 0.0217. The fourth-order valence-corrected chi connectivity index (χ4v) is 5.16. The fourth-order valence-electron chi connectivity index (χ4n) is 5.16. The summed E-state index contributed by atoms with van der Waals surface area (Å²) in [7, 11) is 0. The first-order valence-corrected chi connectivity index (χ1v) is 13.5. The van der Waals surface area contributed by atoms with E-state index in [1.165, 1.54) is 17.0 Å². The molecule has 2 aliphatic rings. The van der Waals surface area contributed by atoms with Gasteiger partial charge in [0.2, 0.25) is 0 Å². The van der Waals surface area contributed by atoms with Crippen LogP contribution in [0.4, 0.5) is 32.2 Å². The molecule has 1 fully saturated rings. The van der Waals surface area contributed by atoms with Crippen LogP contribution in [0.3, 0.4) is 0 Å². The Morgan fingerprint density at radius 3 is 2.33 bits per heavy atom. The summed E-state index contributed by atoms with van der Waals surface area (Å²) in [6.07, 6.45) is -7.94. The highest BCUT2D eigenvalue weighted by Crippen LogP contribution is 2.39. The monoisotopic (exact) mass is 606 g/mol. The zero-order valence-electron chi connectivity index (χ0n) is 23.0. The quantitative estimate of drug-likeness (QED) is 0.252. The number of hydrogen-bond donors (Lipinski definition) is 2. The molecule has 14 heteroatoms. The van der Waals surface area contributed by atoms with Crippen molar-refractivity contribution in [1.82, 2.24) is 20.4 Å². The van der Waals surface area contributed by atoms with E-state index in [0.717, 1.165) is 29.7 Å². The smallest absolute Gasteiger partial charge is 0.350 e. The molecule has 0 radical (unpaired) electrons. The Morgan fingerprint density at radius 2 is 1.72 bits per heavy atom.